The molecule has 0 atom stereocenters. The van der Waals surface area contributed by atoms with E-state index in [1.165, 1.54) is 11.1 Å². The van der Waals surface area contributed by atoms with Crippen molar-refractivity contribution in [2.75, 3.05) is 0 Å². The topological polar surface area (TPSA) is 9.23 Å². The van der Waals surface area contributed by atoms with Crippen LogP contribution >= 0.6 is 22.9 Å². The van der Waals surface area contributed by atoms with Gasteiger partial charge in [-0.2, -0.15) is 0 Å². The lowest BCUT2D eigenvalue weighted by Gasteiger charge is -2.10. The zero-order valence-electron chi connectivity index (χ0n) is 9.29. The lowest BCUT2D eigenvalue weighted by atomic mass is 10.1. The number of thiophene rings is 1. The fourth-order valence-corrected chi connectivity index (χ4v) is 2.60. The van der Waals surface area contributed by atoms with Crippen molar-refractivity contribution in [3.05, 3.63) is 50.7 Å². The van der Waals surface area contributed by atoms with Crippen molar-refractivity contribution in [2.45, 2.75) is 20.5 Å². The van der Waals surface area contributed by atoms with Gasteiger partial charge in [-0.15, -0.1) is 11.3 Å². The van der Waals surface area contributed by atoms with Crippen molar-refractivity contribution in [3.8, 4) is 5.75 Å². The van der Waals surface area contributed by atoms with Crippen LogP contribution in [-0.4, -0.2) is 0 Å². The number of hydrogen-bond donors (Lipinski definition) is 0. The summed E-state index contributed by atoms with van der Waals surface area (Å²) in [6, 6.07) is 10.1. The predicted molar refractivity (Wildman–Crippen MR) is 69.6 cm³/mol. The molecule has 1 heterocycles. The Hall–Kier alpha value is -0.990. The third kappa shape index (κ3) is 2.57. The molecule has 0 N–H and O–H groups in total. The van der Waals surface area contributed by atoms with E-state index in [9.17, 15) is 0 Å². The van der Waals surface area contributed by atoms with E-state index in [2.05, 4.69) is 26.0 Å². The number of ether oxygens (including phenoxy) is 1. The summed E-state index contributed by atoms with van der Waals surface area (Å²) in [5, 5.41) is 0. The van der Waals surface area contributed by atoms with Crippen LogP contribution in [0.15, 0.2) is 30.3 Å². The summed E-state index contributed by atoms with van der Waals surface area (Å²) in [4.78, 5) is 1.15. The molecule has 0 spiro atoms. The Morgan fingerprint density at radius 1 is 1.12 bits per heavy atom. The Bertz CT molecular complexity index is 470. The molecule has 84 valence electrons. The van der Waals surface area contributed by atoms with Gasteiger partial charge in [0.15, 0.2) is 0 Å². The monoisotopic (exact) mass is 252 g/mol. The van der Waals surface area contributed by atoms with E-state index in [1.54, 1.807) is 11.3 Å². The van der Waals surface area contributed by atoms with Crippen LogP contribution in [0.4, 0.5) is 0 Å². The van der Waals surface area contributed by atoms with Gasteiger partial charge >= 0.3 is 0 Å². The second kappa shape index (κ2) is 4.89. The van der Waals surface area contributed by atoms with Crippen LogP contribution in [-0.2, 0) is 6.61 Å². The van der Waals surface area contributed by atoms with E-state index >= 15 is 0 Å². The Labute approximate surface area is 105 Å². The molecule has 3 heteroatoms. The Balaban J connectivity index is 2.10. The highest BCUT2D eigenvalue weighted by atomic mass is 35.5. The molecule has 0 aliphatic rings. The molecule has 0 saturated carbocycles. The van der Waals surface area contributed by atoms with Crippen molar-refractivity contribution in [2.24, 2.45) is 0 Å². The summed E-state index contributed by atoms with van der Waals surface area (Å²) in [6.07, 6.45) is 0. The Kier molecular flexibility index (Phi) is 3.52. The van der Waals surface area contributed by atoms with Crippen LogP contribution in [0.2, 0.25) is 4.34 Å². The van der Waals surface area contributed by atoms with Crippen LogP contribution < -0.4 is 4.74 Å². The van der Waals surface area contributed by atoms with Crippen molar-refractivity contribution in [1.82, 2.24) is 0 Å². The highest BCUT2D eigenvalue weighted by molar-refractivity contribution is 7.16. The summed E-state index contributed by atoms with van der Waals surface area (Å²) in [7, 11) is 0. The summed E-state index contributed by atoms with van der Waals surface area (Å²) >= 11 is 7.43. The van der Waals surface area contributed by atoms with Gasteiger partial charge in [0.05, 0.1) is 4.34 Å². The van der Waals surface area contributed by atoms with Gasteiger partial charge in [-0.3, -0.25) is 0 Å². The van der Waals surface area contributed by atoms with Gasteiger partial charge in [-0.05, 0) is 37.1 Å². The molecule has 1 aromatic heterocycles. The molecule has 0 saturated heterocycles. The van der Waals surface area contributed by atoms with E-state index < -0.39 is 0 Å². The molecule has 0 radical (unpaired) electrons. The molecule has 0 bridgehead atoms. The molecule has 2 rings (SSSR count). The third-order valence-corrected chi connectivity index (χ3v) is 3.60. The number of halogens is 1. The molecular formula is C13H13ClOS. The number of benzene rings is 1. The SMILES string of the molecule is Cc1cccc(C)c1OCc1ccc(Cl)s1. The van der Waals surface area contributed by atoms with E-state index in [0.29, 0.717) is 6.61 Å². The van der Waals surface area contributed by atoms with E-state index in [0.717, 1.165) is 15.0 Å². The quantitative estimate of drug-likeness (QED) is 0.776. The fourth-order valence-electron chi connectivity index (χ4n) is 1.60. The number of rotatable bonds is 3. The van der Waals surface area contributed by atoms with Crippen LogP contribution in [0.3, 0.4) is 0 Å². The molecular weight excluding hydrogens is 240 g/mol. The molecule has 2 aromatic rings. The minimum atomic E-state index is 0.586. The average Bonchev–Trinajstić information content (AvgIpc) is 2.63. The molecule has 0 aliphatic heterocycles. The van der Waals surface area contributed by atoms with Gasteiger partial charge in [0, 0.05) is 4.88 Å². The van der Waals surface area contributed by atoms with Gasteiger partial charge in [0.25, 0.3) is 0 Å². The maximum absolute atomic E-state index is 5.87. The molecule has 16 heavy (non-hydrogen) atoms. The lowest BCUT2D eigenvalue weighted by molar-refractivity contribution is 0.305. The maximum atomic E-state index is 5.87. The normalized spacial score (nSPS) is 10.4. The first kappa shape index (κ1) is 11.5. The van der Waals surface area contributed by atoms with Crippen molar-refractivity contribution < 1.29 is 4.74 Å². The first-order chi connectivity index (χ1) is 7.66. The highest BCUT2D eigenvalue weighted by Gasteiger charge is 2.04. The molecule has 0 fully saturated rings. The van der Waals surface area contributed by atoms with E-state index in [-0.39, 0.29) is 0 Å². The number of aryl methyl sites for hydroxylation is 2. The first-order valence-corrected chi connectivity index (χ1v) is 6.29. The van der Waals surface area contributed by atoms with Crippen LogP contribution in [0, 0.1) is 13.8 Å². The van der Waals surface area contributed by atoms with E-state index in [1.807, 2.05) is 18.2 Å². The summed E-state index contributed by atoms with van der Waals surface area (Å²) in [5.74, 6) is 0.979. The van der Waals surface area contributed by atoms with Gasteiger partial charge < -0.3 is 4.74 Å². The molecule has 1 aromatic carbocycles. The Morgan fingerprint density at radius 3 is 2.38 bits per heavy atom. The van der Waals surface area contributed by atoms with Gasteiger partial charge in [-0.1, -0.05) is 29.8 Å². The summed E-state index contributed by atoms with van der Waals surface area (Å²) < 4.78 is 6.62. The molecule has 0 amide bonds. The summed E-state index contributed by atoms with van der Waals surface area (Å²) in [5.41, 5.74) is 2.34. The standard InChI is InChI=1S/C13H13ClOS/c1-9-4-3-5-10(2)13(9)15-8-11-6-7-12(14)16-11/h3-7H,8H2,1-2H3. The largest absolute Gasteiger partial charge is 0.488 e. The minimum Gasteiger partial charge on any atom is -0.488 e. The fraction of sp³-hybridized carbons (Fsp3) is 0.231. The Morgan fingerprint density at radius 2 is 1.81 bits per heavy atom. The molecule has 0 unspecified atom stereocenters. The van der Waals surface area contributed by atoms with Gasteiger partial charge in [-0.25, -0.2) is 0 Å². The summed E-state index contributed by atoms with van der Waals surface area (Å²) in [6.45, 7) is 4.70. The van der Waals surface area contributed by atoms with Gasteiger partial charge in [0.2, 0.25) is 0 Å². The molecule has 0 aliphatic carbocycles. The number of hydrogen-bond acceptors (Lipinski definition) is 2. The van der Waals surface area contributed by atoms with Crippen LogP contribution in [0.5, 0.6) is 5.75 Å². The number of para-hydroxylation sites is 1. The van der Waals surface area contributed by atoms with Crippen molar-refractivity contribution >= 4 is 22.9 Å². The lowest BCUT2D eigenvalue weighted by Crippen LogP contribution is -1.96. The van der Waals surface area contributed by atoms with Crippen LogP contribution in [0.1, 0.15) is 16.0 Å². The maximum Gasteiger partial charge on any atom is 0.125 e. The second-order valence-corrected chi connectivity index (χ2v) is 5.52. The second-order valence-electron chi connectivity index (χ2n) is 3.72. The van der Waals surface area contributed by atoms with Gasteiger partial charge in [0.1, 0.15) is 12.4 Å². The zero-order chi connectivity index (χ0) is 11.5. The predicted octanol–water partition coefficient (Wildman–Crippen LogP) is 4.60. The first-order valence-electron chi connectivity index (χ1n) is 5.10. The smallest absolute Gasteiger partial charge is 0.125 e. The van der Waals surface area contributed by atoms with Crippen molar-refractivity contribution in [1.29, 1.82) is 0 Å². The van der Waals surface area contributed by atoms with E-state index in [4.69, 9.17) is 16.3 Å². The average molecular weight is 253 g/mol. The molecule has 1 nitrogen and oxygen atoms in total. The minimum absolute atomic E-state index is 0.586. The zero-order valence-corrected chi connectivity index (χ0v) is 10.9. The third-order valence-electron chi connectivity index (χ3n) is 2.40. The van der Waals surface area contributed by atoms with Crippen LogP contribution in [0.25, 0.3) is 0 Å². The highest BCUT2D eigenvalue weighted by Crippen LogP contribution is 2.26. The van der Waals surface area contributed by atoms with Crippen molar-refractivity contribution in [3.63, 3.8) is 0 Å².